The maximum absolute atomic E-state index is 17.4. The third-order valence-electron chi connectivity index (χ3n) is 14.0. The number of nitrogens with one attached hydrogen (secondary N) is 3. The molecule has 74 heavy (non-hydrogen) atoms. The fourth-order valence-corrected chi connectivity index (χ4v) is 13.3. The molecule has 2 saturated heterocycles. The van der Waals surface area contributed by atoms with Gasteiger partial charge in [-0.3, -0.25) is 56.4 Å². The number of rotatable bonds is 14. The molecule has 2 aliphatic carbocycles. The zero-order valence-electron chi connectivity index (χ0n) is 41.4. The van der Waals surface area contributed by atoms with E-state index >= 15 is 13.5 Å². The minimum absolute atomic E-state index is 0.00278. The maximum Gasteiger partial charge on any atom is 0.475 e. The van der Waals surface area contributed by atoms with E-state index in [2.05, 4.69) is 45.4 Å². The van der Waals surface area contributed by atoms with E-state index in [1.807, 2.05) is 39.9 Å². The van der Waals surface area contributed by atoms with Crippen molar-refractivity contribution in [3.05, 3.63) is 76.6 Å². The fourth-order valence-electron chi connectivity index (χ4n) is 9.07. The lowest BCUT2D eigenvalue weighted by molar-refractivity contribution is -0.118. The van der Waals surface area contributed by atoms with Crippen molar-refractivity contribution in [3.63, 3.8) is 0 Å². The number of hydrogen-bond donors (Lipinski definition) is 3. The predicted octanol–water partition coefficient (Wildman–Crippen LogP) is 6.89. The summed E-state index contributed by atoms with van der Waals surface area (Å²) < 4.78 is 101. The summed E-state index contributed by atoms with van der Waals surface area (Å²) in [7, 11) is -12.8. The van der Waals surface area contributed by atoms with Gasteiger partial charge in [0.05, 0.1) is 57.1 Å². The number of halogens is 1. The van der Waals surface area contributed by atoms with Crippen LogP contribution in [-0.2, 0) is 50.2 Å². The Morgan fingerprint density at radius 3 is 2.43 bits per heavy atom. The van der Waals surface area contributed by atoms with Crippen molar-refractivity contribution in [2.24, 2.45) is 17.3 Å². The molecule has 29 heteroatoms. The molecule has 0 radical (unpaired) electrons. The Morgan fingerprint density at radius 2 is 1.72 bits per heavy atom. The van der Waals surface area contributed by atoms with Crippen molar-refractivity contribution in [1.82, 2.24) is 39.0 Å². The van der Waals surface area contributed by atoms with Gasteiger partial charge in [-0.2, -0.15) is 10.2 Å². The van der Waals surface area contributed by atoms with Gasteiger partial charge in [-0.25, -0.2) is 40.0 Å². The molecule has 3 N–H and O–H groups in total. The number of amides is 2. The number of ether oxygens (including phenoxy) is 1. The molecule has 2 aliphatic heterocycles. The molecule has 2 unspecified atom stereocenters. The van der Waals surface area contributed by atoms with Crippen molar-refractivity contribution in [3.8, 4) is 6.07 Å². The molecule has 4 aromatic heterocycles. The van der Waals surface area contributed by atoms with Crippen LogP contribution in [0.2, 0.25) is 18.1 Å². The van der Waals surface area contributed by atoms with Crippen molar-refractivity contribution in [2.45, 2.75) is 108 Å². The van der Waals surface area contributed by atoms with Gasteiger partial charge in [0.1, 0.15) is 31.2 Å². The molecule has 2 amide bonds. The van der Waals surface area contributed by atoms with Gasteiger partial charge in [-0.05, 0) is 42.6 Å². The number of nitrogens with zero attached hydrogens (tertiary/aromatic N) is 9. The first kappa shape index (κ1) is 53.2. The van der Waals surface area contributed by atoms with E-state index in [0.717, 1.165) is 6.33 Å². The van der Waals surface area contributed by atoms with Crippen molar-refractivity contribution >= 4 is 69.9 Å². The number of phosphoric acid groups is 2. The van der Waals surface area contributed by atoms with Gasteiger partial charge >= 0.3 is 15.6 Å². The number of alkyl halides is 1. The average Bonchev–Trinajstić information content (AvgIpc) is 3.61. The summed E-state index contributed by atoms with van der Waals surface area (Å²) >= 11 is 0. The standard InChI is InChI=1S/C45H55FN12O13P2Si/c1-25(2)39(59)55-43-54-38-31(41(61)56-43)52-23-57(38)32-27-19-45(27)21-67-73(63,65-18-16-48-6)69-33-28(20-66-72(62,64-17-12-15-47)70-34(32)35(45)71-74(7,8)44(3,4)5)68-42(29(33)46)58-24-51-30-36(49-22-50-37(30)58)53-40(60)26-13-10-9-11-14-26/h9-11,13-14,22-25,27-29,32-35,42H,12,16-21H2,1-5,7-8H3,(H,49,50,53,60)(H2,54,55,56,59,61)/t27-,28-,29-,32-,33-,34+,35+,42-,45+,72?,73?/m1/s1. The Hall–Kier alpha value is -5.67. The van der Waals surface area contributed by atoms with Crippen LogP contribution in [0, 0.1) is 35.2 Å². The second-order valence-electron chi connectivity index (χ2n) is 20.2. The van der Waals surface area contributed by atoms with Crippen molar-refractivity contribution < 1.29 is 59.4 Å². The van der Waals surface area contributed by atoms with Crippen LogP contribution in [0.1, 0.15) is 70.1 Å². The van der Waals surface area contributed by atoms with Crippen LogP contribution in [0.15, 0.2) is 54.1 Å². The molecule has 25 nitrogen and oxygen atoms in total. The first-order valence-corrected chi connectivity index (χ1v) is 29.6. The summed E-state index contributed by atoms with van der Waals surface area (Å²) in [6, 6.07) is 9.32. The number of benzene rings is 1. The molecule has 5 aromatic rings. The lowest BCUT2D eigenvalue weighted by Crippen LogP contribution is -2.50. The van der Waals surface area contributed by atoms with Gasteiger partial charge in [0.2, 0.25) is 18.4 Å². The number of aromatic nitrogens is 8. The highest BCUT2D eigenvalue weighted by molar-refractivity contribution is 7.48. The maximum atomic E-state index is 17.4. The van der Waals surface area contributed by atoms with Crippen LogP contribution in [0.25, 0.3) is 27.2 Å². The van der Waals surface area contributed by atoms with Gasteiger partial charge in [0, 0.05) is 16.9 Å². The highest BCUT2D eigenvalue weighted by Crippen LogP contribution is 2.73. The second-order valence-corrected chi connectivity index (χ2v) is 28.2. The van der Waals surface area contributed by atoms with Gasteiger partial charge in [-0.1, -0.05) is 52.8 Å². The molecule has 6 heterocycles. The Balaban J connectivity index is 1.13. The second kappa shape index (κ2) is 20.5. The summed E-state index contributed by atoms with van der Waals surface area (Å²) in [6.07, 6.45) is -6.05. The van der Waals surface area contributed by atoms with Crippen LogP contribution >= 0.6 is 15.6 Å². The molecule has 9 rings (SSSR count). The largest absolute Gasteiger partial charge is 0.475 e. The predicted molar refractivity (Wildman–Crippen MR) is 262 cm³/mol. The van der Waals surface area contributed by atoms with Gasteiger partial charge < -0.3 is 23.9 Å². The number of carbonyl (C=O) groups is 2. The lowest BCUT2D eigenvalue weighted by atomic mass is 10.0. The first-order valence-electron chi connectivity index (χ1n) is 23.8. The Morgan fingerprint density at radius 1 is 1.01 bits per heavy atom. The van der Waals surface area contributed by atoms with E-state index in [0.29, 0.717) is 5.56 Å². The van der Waals surface area contributed by atoms with E-state index in [1.165, 1.54) is 17.2 Å². The van der Waals surface area contributed by atoms with Crippen LogP contribution in [0.4, 0.5) is 16.2 Å². The Labute approximate surface area is 424 Å². The minimum atomic E-state index is -4.95. The summed E-state index contributed by atoms with van der Waals surface area (Å²) in [4.78, 5) is 67.2. The summed E-state index contributed by atoms with van der Waals surface area (Å²) in [5.74, 6) is -2.12. The van der Waals surface area contributed by atoms with Gasteiger partial charge in [-0.15, -0.1) is 0 Å². The molecule has 2 bridgehead atoms. The average molecular weight is 1080 g/mol. The number of fused-ring (bicyclic) bond motifs is 4. The number of nitriles is 1. The summed E-state index contributed by atoms with van der Waals surface area (Å²) in [5.41, 5.74) is -1.51. The van der Waals surface area contributed by atoms with Gasteiger partial charge in [0.15, 0.2) is 48.9 Å². The monoisotopic (exact) mass is 1080 g/mol. The van der Waals surface area contributed by atoms with E-state index in [9.17, 15) is 19.6 Å². The first-order chi connectivity index (χ1) is 35.1. The molecule has 1 spiro atoms. The third kappa shape index (κ3) is 10.2. The summed E-state index contributed by atoms with van der Waals surface area (Å²) in [6.45, 7) is 18.3. The molecule has 1 aromatic carbocycles. The number of aromatic amines is 1. The van der Waals surface area contributed by atoms with Gasteiger partial charge in [0.25, 0.3) is 11.5 Å². The number of anilines is 2. The number of imidazole rings is 2. The molecule has 4 aliphatic rings. The van der Waals surface area contributed by atoms with Crippen LogP contribution in [0.5, 0.6) is 0 Å². The van der Waals surface area contributed by atoms with E-state index in [-0.39, 0.29) is 53.5 Å². The number of hydrogen-bond acceptors (Lipinski definition) is 19. The molecule has 394 valence electrons. The molecular formula is C45H55FN12O13P2Si. The zero-order valence-corrected chi connectivity index (χ0v) is 44.2. The van der Waals surface area contributed by atoms with Crippen LogP contribution in [0.3, 0.4) is 0 Å². The van der Waals surface area contributed by atoms with Crippen LogP contribution in [-0.4, -0.2) is 123 Å². The highest BCUT2D eigenvalue weighted by atomic mass is 31.2. The lowest BCUT2D eigenvalue weighted by Gasteiger charge is -2.43. The molecule has 11 atom stereocenters. The smallest absolute Gasteiger partial charge is 0.411 e. The van der Waals surface area contributed by atoms with E-state index in [4.69, 9.17) is 42.9 Å². The third-order valence-corrected chi connectivity index (χ3v) is 21.4. The van der Waals surface area contributed by atoms with E-state index in [1.54, 1.807) is 48.7 Å². The Kier molecular flexibility index (Phi) is 14.7. The number of phosphoric ester groups is 2. The quantitative estimate of drug-likeness (QED) is 0.0441. The summed E-state index contributed by atoms with van der Waals surface area (Å²) in [5, 5.41) is 14.4. The number of carbonyl (C=O) groups excluding carboxylic acids is 2. The SMILES string of the molecule is [C-]#[N+]CCOP1(=O)OC[C@@]23C[C@@H]2[C@@H](n2cnc4c(=O)[nH]c(NC(=O)C(C)C)nc42)[C@H](OP(=O)(OCCC#N)OC[C@H]2O[C@@H](n4cnc5c(NC(=O)c6ccccc6)ncnc54)[C@H](F)[C@@H]2O1)[C@@H]3O[Si](C)(C)C(C)(C)C. The van der Waals surface area contributed by atoms with Crippen molar-refractivity contribution in [2.75, 3.05) is 43.6 Å². The Bertz CT molecular complexity index is 3200. The highest BCUT2D eigenvalue weighted by Gasteiger charge is 2.75. The number of H-pyrrole nitrogens is 1. The fraction of sp³-hybridized carbons (Fsp3) is 0.556. The van der Waals surface area contributed by atoms with Crippen LogP contribution < -0.4 is 16.2 Å². The normalized spacial score (nSPS) is 30.1. The zero-order chi connectivity index (χ0) is 53.0. The molecule has 4 fully saturated rings. The molecule has 2 saturated carbocycles. The molecular weight excluding hydrogens is 1030 g/mol. The van der Waals surface area contributed by atoms with Crippen molar-refractivity contribution in [1.29, 1.82) is 5.26 Å². The van der Waals surface area contributed by atoms with E-state index < -0.39 is 133 Å². The minimum Gasteiger partial charge on any atom is -0.411 e. The topological polar surface area (TPSA) is 302 Å².